The molecule has 0 saturated heterocycles. The molecule has 7 heteroatoms. The number of benzene rings is 1. The third kappa shape index (κ3) is 3.64. The molecule has 0 atom stereocenters. The summed E-state index contributed by atoms with van der Waals surface area (Å²) < 4.78 is 14.1. The zero-order valence-electron chi connectivity index (χ0n) is 9.72. The van der Waals surface area contributed by atoms with Crippen molar-refractivity contribution >= 4 is 44.7 Å². The number of hydrogen-bond acceptors (Lipinski definition) is 3. The molecule has 0 bridgehead atoms. The Bertz CT molecular complexity index is 482. The van der Waals surface area contributed by atoms with E-state index in [2.05, 4.69) is 26.6 Å². The van der Waals surface area contributed by atoms with E-state index in [1.165, 1.54) is 6.07 Å². The molecule has 4 N–H and O–H groups in total. The van der Waals surface area contributed by atoms with Crippen LogP contribution in [-0.2, 0) is 4.79 Å². The summed E-state index contributed by atoms with van der Waals surface area (Å²) in [5.41, 5.74) is 6.08. The summed E-state index contributed by atoms with van der Waals surface area (Å²) in [7, 11) is 0. The van der Waals surface area contributed by atoms with Gasteiger partial charge in [-0.1, -0.05) is 12.2 Å². The predicted octanol–water partition coefficient (Wildman–Crippen LogP) is 1.77. The van der Waals surface area contributed by atoms with Gasteiger partial charge in [0.05, 0.1) is 16.7 Å². The van der Waals surface area contributed by atoms with Crippen LogP contribution < -0.4 is 16.4 Å². The first-order chi connectivity index (χ1) is 8.47. The Morgan fingerprint density at radius 1 is 1.56 bits per heavy atom. The van der Waals surface area contributed by atoms with E-state index in [1.807, 2.05) is 6.92 Å². The summed E-state index contributed by atoms with van der Waals surface area (Å²) in [6.45, 7) is 2.35. The molecular weight excluding hydrogens is 321 g/mol. The van der Waals surface area contributed by atoms with Gasteiger partial charge in [-0.25, -0.2) is 4.39 Å². The van der Waals surface area contributed by atoms with Gasteiger partial charge in [-0.3, -0.25) is 4.79 Å². The molecule has 0 radical (unpaired) electrons. The van der Waals surface area contributed by atoms with Gasteiger partial charge in [0.2, 0.25) is 5.91 Å². The van der Waals surface area contributed by atoms with Gasteiger partial charge in [0, 0.05) is 12.1 Å². The number of likely N-dealkylation sites (N-methyl/N-ethyl adjacent to an activating group) is 1. The molecular formula is C11H13BrFN3OS. The Kier molecular flexibility index (Phi) is 5.49. The third-order valence-corrected chi connectivity index (χ3v) is 3.16. The van der Waals surface area contributed by atoms with E-state index in [9.17, 15) is 9.18 Å². The molecule has 0 aliphatic carbocycles. The maximum absolute atomic E-state index is 13.9. The van der Waals surface area contributed by atoms with Crippen LogP contribution in [0.3, 0.4) is 0 Å². The highest BCUT2D eigenvalue weighted by molar-refractivity contribution is 9.10. The minimum absolute atomic E-state index is 0.00359. The van der Waals surface area contributed by atoms with Crippen LogP contribution in [0.1, 0.15) is 12.5 Å². The number of rotatable bonds is 5. The quantitative estimate of drug-likeness (QED) is 0.718. The molecule has 1 aromatic carbocycles. The average Bonchev–Trinajstić information content (AvgIpc) is 2.31. The molecule has 1 amide bonds. The highest BCUT2D eigenvalue weighted by atomic mass is 79.9. The van der Waals surface area contributed by atoms with E-state index < -0.39 is 5.82 Å². The Morgan fingerprint density at radius 3 is 2.78 bits per heavy atom. The molecule has 98 valence electrons. The second kappa shape index (κ2) is 6.65. The van der Waals surface area contributed by atoms with Gasteiger partial charge in [-0.05, 0) is 35.0 Å². The minimum Gasteiger partial charge on any atom is -0.389 e. The van der Waals surface area contributed by atoms with Crippen molar-refractivity contribution in [3.63, 3.8) is 0 Å². The van der Waals surface area contributed by atoms with Crippen molar-refractivity contribution in [3.8, 4) is 0 Å². The van der Waals surface area contributed by atoms with Crippen molar-refractivity contribution in [3.05, 3.63) is 28.0 Å². The lowest BCUT2D eigenvalue weighted by Crippen LogP contribution is -2.29. The van der Waals surface area contributed by atoms with E-state index >= 15 is 0 Å². The van der Waals surface area contributed by atoms with Crippen LogP contribution >= 0.6 is 28.1 Å². The van der Waals surface area contributed by atoms with Gasteiger partial charge in [-0.2, -0.15) is 0 Å². The first-order valence-electron chi connectivity index (χ1n) is 5.25. The van der Waals surface area contributed by atoms with Gasteiger partial charge in [0.25, 0.3) is 0 Å². The van der Waals surface area contributed by atoms with Crippen molar-refractivity contribution in [2.45, 2.75) is 6.92 Å². The van der Waals surface area contributed by atoms with E-state index in [4.69, 9.17) is 18.0 Å². The molecule has 1 rings (SSSR count). The van der Waals surface area contributed by atoms with Crippen molar-refractivity contribution in [2.75, 3.05) is 18.4 Å². The van der Waals surface area contributed by atoms with Gasteiger partial charge in [0.1, 0.15) is 4.99 Å². The summed E-state index contributed by atoms with van der Waals surface area (Å²) in [5.74, 6) is -0.726. The van der Waals surface area contributed by atoms with Crippen LogP contribution in [0.2, 0.25) is 0 Å². The number of carbonyl (C=O) groups excluding carboxylic acids is 1. The zero-order chi connectivity index (χ0) is 13.7. The second-order valence-electron chi connectivity index (χ2n) is 3.46. The van der Waals surface area contributed by atoms with E-state index in [0.717, 1.165) is 0 Å². The largest absolute Gasteiger partial charge is 0.389 e. The Hall–Kier alpha value is -1.21. The number of hydrogen-bond donors (Lipinski definition) is 3. The smallest absolute Gasteiger partial charge is 0.239 e. The molecule has 0 fully saturated rings. The lowest BCUT2D eigenvalue weighted by atomic mass is 10.2. The number of amides is 1. The monoisotopic (exact) mass is 333 g/mol. The Balaban J connectivity index is 2.83. The van der Waals surface area contributed by atoms with Crippen LogP contribution in [0.25, 0.3) is 0 Å². The van der Waals surface area contributed by atoms with Crippen LogP contribution in [0, 0.1) is 5.82 Å². The van der Waals surface area contributed by atoms with Crippen LogP contribution in [-0.4, -0.2) is 24.0 Å². The molecule has 0 spiro atoms. The van der Waals surface area contributed by atoms with Crippen molar-refractivity contribution in [2.24, 2.45) is 5.73 Å². The lowest BCUT2D eigenvalue weighted by Gasteiger charge is -2.10. The Labute approximate surface area is 118 Å². The van der Waals surface area contributed by atoms with Crippen LogP contribution in [0.15, 0.2) is 16.6 Å². The number of carbonyl (C=O) groups is 1. The third-order valence-electron chi connectivity index (χ3n) is 2.16. The SMILES string of the molecule is CCNC(=O)CNc1ccc(C(N)=S)c(Br)c1F. The molecule has 18 heavy (non-hydrogen) atoms. The normalized spacial score (nSPS) is 9.94. The molecule has 0 unspecified atom stereocenters. The topological polar surface area (TPSA) is 67.2 Å². The number of thiocarbonyl (C=S) groups is 1. The van der Waals surface area contributed by atoms with E-state index in [1.54, 1.807) is 6.07 Å². The van der Waals surface area contributed by atoms with Gasteiger partial charge < -0.3 is 16.4 Å². The van der Waals surface area contributed by atoms with Crippen molar-refractivity contribution < 1.29 is 9.18 Å². The Morgan fingerprint density at radius 2 is 2.22 bits per heavy atom. The van der Waals surface area contributed by atoms with Crippen LogP contribution in [0.4, 0.5) is 10.1 Å². The zero-order valence-corrected chi connectivity index (χ0v) is 12.1. The van der Waals surface area contributed by atoms with Crippen molar-refractivity contribution in [1.82, 2.24) is 5.32 Å². The number of nitrogens with two attached hydrogens (primary N) is 1. The first kappa shape index (κ1) is 14.8. The molecule has 0 saturated carbocycles. The van der Waals surface area contributed by atoms with Gasteiger partial charge >= 0.3 is 0 Å². The molecule has 0 aromatic heterocycles. The van der Waals surface area contributed by atoms with Gasteiger partial charge in [0.15, 0.2) is 5.82 Å². The summed E-state index contributed by atoms with van der Waals surface area (Å²) in [6, 6.07) is 3.09. The average molecular weight is 334 g/mol. The summed E-state index contributed by atoms with van der Waals surface area (Å²) in [4.78, 5) is 11.3. The van der Waals surface area contributed by atoms with E-state index in [0.29, 0.717) is 12.1 Å². The second-order valence-corrected chi connectivity index (χ2v) is 4.69. The van der Waals surface area contributed by atoms with E-state index in [-0.39, 0.29) is 27.6 Å². The molecule has 0 aliphatic heterocycles. The predicted molar refractivity (Wildman–Crippen MR) is 77.2 cm³/mol. The van der Waals surface area contributed by atoms with Gasteiger partial charge in [-0.15, -0.1) is 0 Å². The highest BCUT2D eigenvalue weighted by Gasteiger charge is 2.13. The first-order valence-corrected chi connectivity index (χ1v) is 6.45. The molecule has 0 aliphatic rings. The fraction of sp³-hybridized carbons (Fsp3) is 0.273. The van der Waals surface area contributed by atoms with Crippen LogP contribution in [0.5, 0.6) is 0 Å². The summed E-state index contributed by atoms with van der Waals surface area (Å²) in [6.07, 6.45) is 0. The van der Waals surface area contributed by atoms with Crippen molar-refractivity contribution in [1.29, 1.82) is 0 Å². The summed E-state index contributed by atoms with van der Waals surface area (Å²) >= 11 is 7.88. The lowest BCUT2D eigenvalue weighted by molar-refractivity contribution is -0.119. The minimum atomic E-state index is -0.524. The maximum Gasteiger partial charge on any atom is 0.239 e. The fourth-order valence-electron chi connectivity index (χ4n) is 1.31. The fourth-order valence-corrected chi connectivity index (χ4v) is 2.17. The summed E-state index contributed by atoms with van der Waals surface area (Å²) in [5, 5.41) is 5.31. The molecule has 4 nitrogen and oxygen atoms in total. The maximum atomic E-state index is 13.9. The number of anilines is 1. The molecule has 0 heterocycles. The molecule has 1 aromatic rings. The standard InChI is InChI=1S/C11H13BrFN3OS/c1-2-15-8(17)5-16-7-4-3-6(11(14)18)9(12)10(7)13/h3-4,16H,2,5H2,1H3,(H2,14,18)(H,15,17). The highest BCUT2D eigenvalue weighted by Crippen LogP contribution is 2.26. The number of nitrogens with one attached hydrogen (secondary N) is 2. The number of halogens is 2.